The SMILES string of the molecule is COc1nc(N2CCNCC2)c2c(c1C#N)CN(c1cc(O)cc3ccccc13)CC2. The first kappa shape index (κ1) is 19.5. The molecule has 0 radical (unpaired) electrons. The molecule has 0 aliphatic carbocycles. The second-order valence-electron chi connectivity index (χ2n) is 7.98. The quantitative estimate of drug-likeness (QED) is 0.680. The van der Waals surface area contributed by atoms with Crippen molar-refractivity contribution in [3.05, 3.63) is 53.1 Å². The molecule has 2 aromatic carbocycles. The third-order valence-corrected chi connectivity index (χ3v) is 6.23. The molecule has 7 nitrogen and oxygen atoms in total. The predicted molar refractivity (Wildman–Crippen MR) is 121 cm³/mol. The molecule has 2 aliphatic heterocycles. The van der Waals surface area contributed by atoms with Crippen LogP contribution in [0.25, 0.3) is 10.8 Å². The Morgan fingerprint density at radius 1 is 1.10 bits per heavy atom. The fraction of sp³-hybridized carbons (Fsp3) is 0.333. The van der Waals surface area contributed by atoms with E-state index in [1.807, 2.05) is 24.3 Å². The van der Waals surface area contributed by atoms with Crippen molar-refractivity contribution in [2.24, 2.45) is 0 Å². The molecule has 0 spiro atoms. The summed E-state index contributed by atoms with van der Waals surface area (Å²) >= 11 is 0. The average molecular weight is 415 g/mol. The van der Waals surface area contributed by atoms with E-state index in [2.05, 4.69) is 27.3 Å². The number of hydrogen-bond acceptors (Lipinski definition) is 7. The van der Waals surface area contributed by atoms with Gasteiger partial charge < -0.3 is 25.0 Å². The Balaban J connectivity index is 1.62. The summed E-state index contributed by atoms with van der Waals surface area (Å²) in [5.41, 5.74) is 3.59. The van der Waals surface area contributed by atoms with Gasteiger partial charge in [0.1, 0.15) is 23.2 Å². The molecule has 1 aromatic heterocycles. The summed E-state index contributed by atoms with van der Waals surface area (Å²) in [6.45, 7) is 4.97. The number of nitriles is 1. The molecule has 1 fully saturated rings. The third kappa shape index (κ3) is 3.39. The van der Waals surface area contributed by atoms with Crippen molar-refractivity contribution in [1.29, 1.82) is 5.26 Å². The molecule has 2 N–H and O–H groups in total. The van der Waals surface area contributed by atoms with Gasteiger partial charge in [-0.05, 0) is 17.9 Å². The molecule has 158 valence electrons. The van der Waals surface area contributed by atoms with E-state index in [0.717, 1.165) is 72.5 Å². The van der Waals surface area contributed by atoms with E-state index in [9.17, 15) is 10.4 Å². The van der Waals surface area contributed by atoms with Gasteiger partial charge in [-0.15, -0.1) is 0 Å². The van der Waals surface area contributed by atoms with Crippen LogP contribution in [-0.2, 0) is 13.0 Å². The number of rotatable bonds is 3. The molecular weight excluding hydrogens is 390 g/mol. The van der Waals surface area contributed by atoms with Gasteiger partial charge in [-0.1, -0.05) is 24.3 Å². The standard InChI is InChI=1S/C24H25N5O2/c1-31-24-20(14-25)21-15-29(22-13-17(30)12-16-4-2-3-5-18(16)22)9-6-19(21)23(27-24)28-10-7-26-8-11-28/h2-5,12-13,26,30H,6-11,15H2,1H3. The highest BCUT2D eigenvalue weighted by Crippen LogP contribution is 2.39. The number of ether oxygens (including phenoxy) is 1. The highest BCUT2D eigenvalue weighted by Gasteiger charge is 2.29. The molecule has 31 heavy (non-hydrogen) atoms. The molecular formula is C24H25N5O2. The first-order valence-electron chi connectivity index (χ1n) is 10.6. The summed E-state index contributed by atoms with van der Waals surface area (Å²) in [6, 6.07) is 14.0. The van der Waals surface area contributed by atoms with Crippen LogP contribution in [0.3, 0.4) is 0 Å². The van der Waals surface area contributed by atoms with E-state index in [4.69, 9.17) is 9.72 Å². The van der Waals surface area contributed by atoms with Crippen LogP contribution < -0.4 is 19.9 Å². The van der Waals surface area contributed by atoms with Gasteiger partial charge in [0.25, 0.3) is 0 Å². The maximum absolute atomic E-state index is 10.3. The lowest BCUT2D eigenvalue weighted by Crippen LogP contribution is -2.45. The highest BCUT2D eigenvalue weighted by atomic mass is 16.5. The van der Waals surface area contributed by atoms with E-state index < -0.39 is 0 Å². The van der Waals surface area contributed by atoms with Crippen LogP contribution in [-0.4, -0.2) is 49.9 Å². The second kappa shape index (κ2) is 7.97. The van der Waals surface area contributed by atoms with Gasteiger partial charge in [-0.2, -0.15) is 10.2 Å². The molecule has 7 heteroatoms. The number of nitrogens with one attached hydrogen (secondary N) is 1. The number of piperazine rings is 1. The van der Waals surface area contributed by atoms with Crippen molar-refractivity contribution in [2.75, 3.05) is 49.6 Å². The lowest BCUT2D eigenvalue weighted by atomic mass is 9.94. The normalized spacial score (nSPS) is 16.1. The Morgan fingerprint density at radius 2 is 1.90 bits per heavy atom. The minimum atomic E-state index is 0.244. The molecule has 0 amide bonds. The van der Waals surface area contributed by atoms with Crippen LogP contribution >= 0.6 is 0 Å². The van der Waals surface area contributed by atoms with Crippen LogP contribution in [0, 0.1) is 11.3 Å². The highest BCUT2D eigenvalue weighted by molar-refractivity contribution is 5.95. The Labute approximate surface area is 181 Å². The van der Waals surface area contributed by atoms with Crippen LogP contribution in [0.5, 0.6) is 11.6 Å². The number of anilines is 2. The predicted octanol–water partition coefficient (Wildman–Crippen LogP) is 2.79. The molecule has 0 unspecified atom stereocenters. The van der Waals surface area contributed by atoms with Crippen LogP contribution in [0.1, 0.15) is 16.7 Å². The van der Waals surface area contributed by atoms with E-state index >= 15 is 0 Å². The zero-order valence-corrected chi connectivity index (χ0v) is 17.6. The zero-order chi connectivity index (χ0) is 21.4. The van der Waals surface area contributed by atoms with Crippen molar-refractivity contribution >= 4 is 22.3 Å². The Morgan fingerprint density at radius 3 is 2.68 bits per heavy atom. The fourth-order valence-corrected chi connectivity index (χ4v) is 4.73. The maximum Gasteiger partial charge on any atom is 0.233 e. The smallest absolute Gasteiger partial charge is 0.233 e. The second-order valence-corrected chi connectivity index (χ2v) is 7.98. The minimum absolute atomic E-state index is 0.244. The van der Waals surface area contributed by atoms with Gasteiger partial charge in [0, 0.05) is 67.5 Å². The summed E-state index contributed by atoms with van der Waals surface area (Å²) < 4.78 is 5.53. The monoisotopic (exact) mass is 415 g/mol. The first-order chi connectivity index (χ1) is 15.2. The van der Waals surface area contributed by atoms with Crippen molar-refractivity contribution < 1.29 is 9.84 Å². The number of benzene rings is 2. The van der Waals surface area contributed by atoms with Gasteiger partial charge in [0.2, 0.25) is 5.88 Å². The van der Waals surface area contributed by atoms with E-state index in [0.29, 0.717) is 18.0 Å². The zero-order valence-electron chi connectivity index (χ0n) is 17.6. The van der Waals surface area contributed by atoms with Gasteiger partial charge >= 0.3 is 0 Å². The Hall–Kier alpha value is -3.50. The number of aromatic nitrogens is 1. The van der Waals surface area contributed by atoms with Crippen LogP contribution in [0.2, 0.25) is 0 Å². The van der Waals surface area contributed by atoms with Crippen molar-refractivity contribution in [1.82, 2.24) is 10.3 Å². The lowest BCUT2D eigenvalue weighted by molar-refractivity contribution is 0.394. The summed E-state index contributed by atoms with van der Waals surface area (Å²) in [5, 5.41) is 25.7. The molecule has 2 aliphatic rings. The number of phenols is 1. The molecule has 3 heterocycles. The molecule has 3 aromatic rings. The summed E-state index contributed by atoms with van der Waals surface area (Å²) in [6.07, 6.45) is 0.782. The Bertz CT molecular complexity index is 1180. The van der Waals surface area contributed by atoms with Gasteiger partial charge in [0.05, 0.1) is 7.11 Å². The third-order valence-electron chi connectivity index (χ3n) is 6.23. The number of methoxy groups -OCH3 is 1. The van der Waals surface area contributed by atoms with Gasteiger partial charge in [0.15, 0.2) is 0 Å². The van der Waals surface area contributed by atoms with E-state index in [1.165, 1.54) is 0 Å². The number of fused-ring (bicyclic) bond motifs is 2. The van der Waals surface area contributed by atoms with Crippen LogP contribution in [0.15, 0.2) is 36.4 Å². The van der Waals surface area contributed by atoms with Gasteiger partial charge in [-0.25, -0.2) is 0 Å². The topological polar surface area (TPSA) is 84.7 Å². The molecule has 5 rings (SSSR count). The summed E-state index contributed by atoms with van der Waals surface area (Å²) in [5.74, 6) is 1.57. The maximum atomic E-state index is 10.3. The molecule has 0 saturated carbocycles. The molecule has 1 saturated heterocycles. The van der Waals surface area contributed by atoms with Crippen molar-refractivity contribution in [2.45, 2.75) is 13.0 Å². The number of aromatic hydroxyl groups is 1. The summed E-state index contributed by atoms with van der Waals surface area (Å²) in [4.78, 5) is 9.29. The first-order valence-corrected chi connectivity index (χ1v) is 10.6. The molecule has 0 atom stereocenters. The van der Waals surface area contributed by atoms with Crippen LogP contribution in [0.4, 0.5) is 11.5 Å². The summed E-state index contributed by atoms with van der Waals surface area (Å²) in [7, 11) is 1.57. The number of hydrogen-bond donors (Lipinski definition) is 2. The largest absolute Gasteiger partial charge is 0.508 e. The lowest BCUT2D eigenvalue weighted by Gasteiger charge is -2.36. The van der Waals surface area contributed by atoms with Crippen molar-refractivity contribution in [3.63, 3.8) is 0 Å². The number of phenolic OH excluding ortho intramolecular Hbond substituents is 1. The minimum Gasteiger partial charge on any atom is -0.508 e. The number of nitrogens with zero attached hydrogens (tertiary/aromatic N) is 4. The van der Waals surface area contributed by atoms with Crippen molar-refractivity contribution in [3.8, 4) is 17.7 Å². The average Bonchev–Trinajstić information content (AvgIpc) is 2.82. The Kier molecular flexibility index (Phi) is 5.00. The van der Waals surface area contributed by atoms with Gasteiger partial charge in [-0.3, -0.25) is 0 Å². The van der Waals surface area contributed by atoms with E-state index in [-0.39, 0.29) is 5.75 Å². The fourth-order valence-electron chi connectivity index (χ4n) is 4.73. The molecule has 0 bridgehead atoms. The number of pyridine rings is 1. The van der Waals surface area contributed by atoms with E-state index in [1.54, 1.807) is 13.2 Å².